The topological polar surface area (TPSA) is 44.8 Å². The Morgan fingerprint density at radius 1 is 1.59 bits per heavy atom. The van der Waals surface area contributed by atoms with Gasteiger partial charge in [-0.3, -0.25) is 9.69 Å². The molecule has 1 amide bonds. The zero-order valence-electron chi connectivity index (χ0n) is 11.4. The number of carbonyl (C=O) groups is 1. The van der Waals surface area contributed by atoms with Crippen LogP contribution in [0.15, 0.2) is 0 Å². The molecule has 1 aliphatic rings. The molecule has 1 aliphatic heterocycles. The first kappa shape index (κ1) is 14.4. The van der Waals surface area contributed by atoms with E-state index in [9.17, 15) is 4.79 Å². The number of carbonyl (C=O) groups excluding carboxylic acids is 1. The summed E-state index contributed by atoms with van der Waals surface area (Å²) in [4.78, 5) is 16.1. The summed E-state index contributed by atoms with van der Waals surface area (Å²) >= 11 is 0. The van der Waals surface area contributed by atoms with Crippen LogP contribution in [0.1, 0.15) is 13.3 Å². The minimum Gasteiger partial charge on any atom is -0.385 e. The summed E-state index contributed by atoms with van der Waals surface area (Å²) in [6.45, 7) is 5.53. The highest BCUT2D eigenvalue weighted by Crippen LogP contribution is 2.13. The fraction of sp³-hybridized carbons (Fsp3) is 0.917. The Morgan fingerprint density at radius 2 is 2.29 bits per heavy atom. The van der Waals surface area contributed by atoms with Crippen molar-refractivity contribution < 1.29 is 9.53 Å². The van der Waals surface area contributed by atoms with E-state index in [0.29, 0.717) is 6.04 Å². The van der Waals surface area contributed by atoms with Gasteiger partial charge in [-0.05, 0) is 13.3 Å². The zero-order chi connectivity index (χ0) is 12.8. The summed E-state index contributed by atoms with van der Waals surface area (Å²) in [5, 5.41) is 3.29. The van der Waals surface area contributed by atoms with Gasteiger partial charge in [-0.15, -0.1) is 0 Å². The standard InChI is InChI=1S/C12H25N3O2/c1-10(5-8-17-4)15-7-6-13-9-11(15)12(16)14(2)3/h10-11,13H,5-9H2,1-4H3. The molecule has 1 rings (SSSR count). The number of likely N-dealkylation sites (N-methyl/N-ethyl adjacent to an activating group) is 1. The van der Waals surface area contributed by atoms with Gasteiger partial charge in [0.15, 0.2) is 0 Å². The lowest BCUT2D eigenvalue weighted by molar-refractivity contribution is -0.136. The van der Waals surface area contributed by atoms with Crippen LogP contribution in [-0.2, 0) is 9.53 Å². The summed E-state index contributed by atoms with van der Waals surface area (Å²) in [6.07, 6.45) is 0.966. The zero-order valence-corrected chi connectivity index (χ0v) is 11.4. The lowest BCUT2D eigenvalue weighted by atomic mass is 10.1. The van der Waals surface area contributed by atoms with Gasteiger partial charge in [0, 0.05) is 53.5 Å². The average molecular weight is 243 g/mol. The van der Waals surface area contributed by atoms with Crippen molar-refractivity contribution in [3.63, 3.8) is 0 Å². The molecule has 0 spiro atoms. The Kier molecular flexibility index (Phi) is 5.88. The number of hydrogen-bond donors (Lipinski definition) is 1. The number of hydrogen-bond acceptors (Lipinski definition) is 4. The highest BCUT2D eigenvalue weighted by atomic mass is 16.5. The first-order valence-corrected chi connectivity index (χ1v) is 6.24. The molecular formula is C12H25N3O2. The van der Waals surface area contributed by atoms with Gasteiger partial charge in [-0.1, -0.05) is 0 Å². The van der Waals surface area contributed by atoms with Crippen LogP contribution in [0.3, 0.4) is 0 Å². The summed E-state index contributed by atoms with van der Waals surface area (Å²) in [5.41, 5.74) is 0. The van der Waals surface area contributed by atoms with Crippen LogP contribution >= 0.6 is 0 Å². The van der Waals surface area contributed by atoms with E-state index in [1.807, 2.05) is 14.1 Å². The molecule has 0 bridgehead atoms. The van der Waals surface area contributed by atoms with E-state index in [0.717, 1.165) is 32.7 Å². The van der Waals surface area contributed by atoms with Crippen molar-refractivity contribution in [3.05, 3.63) is 0 Å². The molecule has 0 aromatic rings. The molecule has 0 aromatic carbocycles. The van der Waals surface area contributed by atoms with E-state index in [1.54, 1.807) is 12.0 Å². The van der Waals surface area contributed by atoms with Crippen molar-refractivity contribution in [2.75, 3.05) is 47.4 Å². The fourth-order valence-electron chi connectivity index (χ4n) is 2.23. The molecule has 5 heteroatoms. The Morgan fingerprint density at radius 3 is 2.88 bits per heavy atom. The van der Waals surface area contributed by atoms with Gasteiger partial charge in [-0.2, -0.15) is 0 Å². The summed E-state index contributed by atoms with van der Waals surface area (Å²) in [7, 11) is 5.34. The van der Waals surface area contributed by atoms with Crippen molar-refractivity contribution in [2.45, 2.75) is 25.4 Å². The van der Waals surface area contributed by atoms with Crippen molar-refractivity contribution in [1.82, 2.24) is 15.1 Å². The quantitative estimate of drug-likeness (QED) is 0.725. The van der Waals surface area contributed by atoms with Crippen LogP contribution in [0.25, 0.3) is 0 Å². The first-order valence-electron chi connectivity index (χ1n) is 6.24. The molecule has 100 valence electrons. The van der Waals surface area contributed by atoms with Crippen LogP contribution in [0.2, 0.25) is 0 Å². The number of rotatable bonds is 5. The van der Waals surface area contributed by atoms with E-state index in [2.05, 4.69) is 17.1 Å². The van der Waals surface area contributed by atoms with E-state index in [1.165, 1.54) is 0 Å². The molecule has 0 saturated carbocycles. The lowest BCUT2D eigenvalue weighted by Crippen LogP contribution is -2.60. The number of amides is 1. The molecule has 17 heavy (non-hydrogen) atoms. The Balaban J connectivity index is 2.61. The highest BCUT2D eigenvalue weighted by molar-refractivity contribution is 5.81. The van der Waals surface area contributed by atoms with E-state index >= 15 is 0 Å². The number of piperazine rings is 1. The smallest absolute Gasteiger partial charge is 0.240 e. The molecule has 1 N–H and O–H groups in total. The third-order valence-electron chi connectivity index (χ3n) is 3.32. The van der Waals surface area contributed by atoms with E-state index in [4.69, 9.17) is 4.74 Å². The van der Waals surface area contributed by atoms with Crippen molar-refractivity contribution in [2.24, 2.45) is 0 Å². The molecule has 0 aliphatic carbocycles. The second-order valence-electron chi connectivity index (χ2n) is 4.82. The van der Waals surface area contributed by atoms with Gasteiger partial charge >= 0.3 is 0 Å². The van der Waals surface area contributed by atoms with Crippen molar-refractivity contribution in [3.8, 4) is 0 Å². The van der Waals surface area contributed by atoms with Gasteiger partial charge < -0.3 is 15.0 Å². The molecule has 0 radical (unpaired) electrons. The summed E-state index contributed by atoms with van der Waals surface area (Å²) in [6, 6.07) is 0.344. The van der Waals surface area contributed by atoms with Crippen LogP contribution < -0.4 is 5.32 Å². The second-order valence-corrected chi connectivity index (χ2v) is 4.82. The van der Waals surface area contributed by atoms with E-state index < -0.39 is 0 Å². The molecule has 1 saturated heterocycles. The monoisotopic (exact) mass is 243 g/mol. The van der Waals surface area contributed by atoms with Crippen LogP contribution in [-0.4, -0.2) is 75.2 Å². The molecule has 0 aromatic heterocycles. The van der Waals surface area contributed by atoms with Gasteiger partial charge in [-0.25, -0.2) is 0 Å². The van der Waals surface area contributed by atoms with E-state index in [-0.39, 0.29) is 11.9 Å². The van der Waals surface area contributed by atoms with Gasteiger partial charge in [0.25, 0.3) is 0 Å². The van der Waals surface area contributed by atoms with Crippen LogP contribution in [0, 0.1) is 0 Å². The number of nitrogens with zero attached hydrogens (tertiary/aromatic N) is 2. The number of methoxy groups -OCH3 is 1. The number of nitrogens with one attached hydrogen (secondary N) is 1. The maximum Gasteiger partial charge on any atom is 0.240 e. The third kappa shape index (κ3) is 3.94. The minimum absolute atomic E-state index is 0.0365. The minimum atomic E-state index is -0.0365. The fourth-order valence-corrected chi connectivity index (χ4v) is 2.23. The molecule has 1 fully saturated rings. The predicted molar refractivity (Wildman–Crippen MR) is 68.0 cm³/mol. The summed E-state index contributed by atoms with van der Waals surface area (Å²) < 4.78 is 5.11. The largest absolute Gasteiger partial charge is 0.385 e. The predicted octanol–water partition coefficient (Wildman–Crippen LogP) is -0.227. The molecular weight excluding hydrogens is 218 g/mol. The molecule has 2 unspecified atom stereocenters. The Bertz CT molecular complexity index is 246. The SMILES string of the molecule is COCCC(C)N1CCNCC1C(=O)N(C)C. The lowest BCUT2D eigenvalue weighted by Gasteiger charge is -2.40. The Labute approximate surface area is 104 Å². The van der Waals surface area contributed by atoms with Crippen molar-refractivity contribution in [1.29, 1.82) is 0 Å². The van der Waals surface area contributed by atoms with Gasteiger partial charge in [0.2, 0.25) is 5.91 Å². The molecule has 2 atom stereocenters. The maximum atomic E-state index is 12.1. The number of ether oxygens (including phenoxy) is 1. The average Bonchev–Trinajstić information content (AvgIpc) is 2.34. The Hall–Kier alpha value is -0.650. The highest BCUT2D eigenvalue weighted by Gasteiger charge is 2.32. The summed E-state index contributed by atoms with van der Waals surface area (Å²) in [5.74, 6) is 0.182. The van der Waals surface area contributed by atoms with Gasteiger partial charge in [0.05, 0.1) is 0 Å². The molecule has 5 nitrogen and oxygen atoms in total. The normalized spacial score (nSPS) is 23.4. The van der Waals surface area contributed by atoms with Crippen LogP contribution in [0.5, 0.6) is 0 Å². The van der Waals surface area contributed by atoms with Gasteiger partial charge in [0.1, 0.15) is 6.04 Å². The second kappa shape index (κ2) is 6.93. The maximum absolute atomic E-state index is 12.1. The van der Waals surface area contributed by atoms with Crippen LogP contribution in [0.4, 0.5) is 0 Å². The molecule has 1 heterocycles. The van der Waals surface area contributed by atoms with Crippen molar-refractivity contribution >= 4 is 5.91 Å². The third-order valence-corrected chi connectivity index (χ3v) is 3.32. The first-order chi connectivity index (χ1) is 8.07.